The molecule has 0 aliphatic carbocycles. The number of nitrogens with one attached hydrogen (secondary N) is 1. The molecule has 1 heterocycles. The summed E-state index contributed by atoms with van der Waals surface area (Å²) in [5, 5.41) is 2.22. The van der Waals surface area contributed by atoms with Gasteiger partial charge in [0.15, 0.2) is 6.29 Å². The Morgan fingerprint density at radius 1 is 1.25 bits per heavy atom. The minimum absolute atomic E-state index is 0.334. The van der Waals surface area contributed by atoms with Crippen molar-refractivity contribution in [2.24, 2.45) is 5.73 Å². The van der Waals surface area contributed by atoms with Gasteiger partial charge in [-0.1, -0.05) is 6.42 Å². The molecule has 1 saturated heterocycles. The summed E-state index contributed by atoms with van der Waals surface area (Å²) in [7, 11) is 3.28. The predicted molar refractivity (Wildman–Crippen MR) is 63.8 cm³/mol. The second-order valence-corrected chi connectivity index (χ2v) is 4.58. The molecular formula is C11H25N3O2. The van der Waals surface area contributed by atoms with E-state index in [1.807, 2.05) is 6.92 Å². The van der Waals surface area contributed by atoms with Gasteiger partial charge < -0.3 is 15.2 Å². The lowest BCUT2D eigenvalue weighted by molar-refractivity contribution is -0.164. The zero-order valence-electron chi connectivity index (χ0n) is 10.7. The lowest BCUT2D eigenvalue weighted by Gasteiger charge is -2.41. The first-order chi connectivity index (χ1) is 7.66. The third-order valence-electron chi connectivity index (χ3n) is 3.14. The van der Waals surface area contributed by atoms with Crippen molar-refractivity contribution in [3.63, 3.8) is 0 Å². The summed E-state index contributed by atoms with van der Waals surface area (Å²) in [4.78, 5) is 0. The number of hydrogen-bond acceptors (Lipinski definition) is 5. The molecular weight excluding hydrogens is 206 g/mol. The van der Waals surface area contributed by atoms with Crippen LogP contribution < -0.4 is 11.2 Å². The lowest BCUT2D eigenvalue weighted by atomic mass is 10.0. The molecule has 0 radical (unpaired) electrons. The third-order valence-corrected chi connectivity index (χ3v) is 3.14. The van der Waals surface area contributed by atoms with E-state index < -0.39 is 0 Å². The molecule has 1 aliphatic heterocycles. The molecule has 5 nitrogen and oxygen atoms in total. The third kappa shape index (κ3) is 3.40. The monoisotopic (exact) mass is 231 g/mol. The molecule has 0 aromatic rings. The maximum atomic E-state index is 5.83. The van der Waals surface area contributed by atoms with Crippen molar-refractivity contribution < 1.29 is 9.47 Å². The van der Waals surface area contributed by atoms with Crippen LogP contribution in [0.4, 0.5) is 0 Å². The van der Waals surface area contributed by atoms with Gasteiger partial charge in [-0.25, -0.2) is 10.4 Å². The van der Waals surface area contributed by atoms with Crippen molar-refractivity contribution in [2.75, 3.05) is 33.9 Å². The minimum Gasteiger partial charge on any atom is -0.354 e. The molecule has 1 aliphatic rings. The van der Waals surface area contributed by atoms with E-state index in [9.17, 15) is 0 Å². The number of hydrazine groups is 1. The van der Waals surface area contributed by atoms with E-state index in [1.54, 1.807) is 14.2 Å². The Bertz CT molecular complexity index is 194. The van der Waals surface area contributed by atoms with Crippen LogP contribution in [0.5, 0.6) is 0 Å². The number of hydrogen-bond donors (Lipinski definition) is 2. The van der Waals surface area contributed by atoms with E-state index >= 15 is 0 Å². The van der Waals surface area contributed by atoms with Gasteiger partial charge in [-0.3, -0.25) is 0 Å². The van der Waals surface area contributed by atoms with Crippen LogP contribution in [0.3, 0.4) is 0 Å². The molecule has 1 fully saturated rings. The number of methoxy groups -OCH3 is 2. The second-order valence-electron chi connectivity index (χ2n) is 4.58. The zero-order valence-corrected chi connectivity index (χ0v) is 10.7. The van der Waals surface area contributed by atoms with Crippen LogP contribution in [0.15, 0.2) is 0 Å². The smallest absolute Gasteiger partial charge is 0.177 e. The molecule has 5 heteroatoms. The van der Waals surface area contributed by atoms with Crippen molar-refractivity contribution in [1.82, 2.24) is 10.4 Å². The van der Waals surface area contributed by atoms with E-state index in [-0.39, 0.29) is 11.8 Å². The van der Waals surface area contributed by atoms with Crippen LogP contribution in [0.1, 0.15) is 26.2 Å². The van der Waals surface area contributed by atoms with E-state index in [2.05, 4.69) is 10.4 Å². The molecule has 96 valence electrons. The number of ether oxygens (including phenoxy) is 2. The van der Waals surface area contributed by atoms with Gasteiger partial charge in [0, 0.05) is 33.9 Å². The van der Waals surface area contributed by atoms with Gasteiger partial charge in [0.1, 0.15) is 0 Å². The van der Waals surface area contributed by atoms with E-state index in [0.29, 0.717) is 6.54 Å². The van der Waals surface area contributed by atoms with Gasteiger partial charge in [0.2, 0.25) is 0 Å². The molecule has 3 N–H and O–H groups in total. The first-order valence-electron chi connectivity index (χ1n) is 5.94. The molecule has 0 aromatic carbocycles. The molecule has 0 aromatic heterocycles. The Morgan fingerprint density at radius 3 is 2.25 bits per heavy atom. The van der Waals surface area contributed by atoms with Crippen molar-refractivity contribution >= 4 is 0 Å². The maximum Gasteiger partial charge on any atom is 0.177 e. The molecule has 1 atom stereocenters. The summed E-state index contributed by atoms with van der Waals surface area (Å²) in [6, 6.07) is 0. The fourth-order valence-electron chi connectivity index (χ4n) is 2.18. The highest BCUT2D eigenvalue weighted by Crippen LogP contribution is 2.15. The van der Waals surface area contributed by atoms with Crippen LogP contribution in [0, 0.1) is 0 Å². The predicted octanol–water partition coefficient (Wildman–Crippen LogP) is 0.313. The molecule has 16 heavy (non-hydrogen) atoms. The fourth-order valence-corrected chi connectivity index (χ4v) is 2.18. The van der Waals surface area contributed by atoms with E-state index in [0.717, 1.165) is 13.1 Å². The fraction of sp³-hybridized carbons (Fsp3) is 1.00. The number of nitrogens with two attached hydrogens (primary N) is 1. The summed E-state index contributed by atoms with van der Waals surface area (Å²) in [6.45, 7) is 4.63. The molecule has 0 amide bonds. The van der Waals surface area contributed by atoms with Gasteiger partial charge >= 0.3 is 0 Å². The Labute approximate surface area is 98.2 Å². The number of rotatable bonds is 6. The van der Waals surface area contributed by atoms with Crippen molar-refractivity contribution in [1.29, 1.82) is 0 Å². The first-order valence-corrected chi connectivity index (χ1v) is 5.94. The summed E-state index contributed by atoms with van der Waals surface area (Å²) in [6.07, 6.45) is 3.45. The van der Waals surface area contributed by atoms with Crippen LogP contribution in [0.2, 0.25) is 0 Å². The van der Waals surface area contributed by atoms with E-state index in [4.69, 9.17) is 15.2 Å². The lowest BCUT2D eigenvalue weighted by Crippen LogP contribution is -2.64. The van der Waals surface area contributed by atoms with Crippen LogP contribution >= 0.6 is 0 Å². The summed E-state index contributed by atoms with van der Waals surface area (Å²) in [5.74, 6) is 0. The number of nitrogens with zero attached hydrogens (tertiary/aromatic N) is 1. The largest absolute Gasteiger partial charge is 0.354 e. The molecule has 1 unspecified atom stereocenters. The van der Waals surface area contributed by atoms with Crippen LogP contribution in [-0.2, 0) is 9.47 Å². The van der Waals surface area contributed by atoms with Gasteiger partial charge in [0.05, 0.1) is 5.54 Å². The zero-order chi connectivity index (χ0) is 12.0. The van der Waals surface area contributed by atoms with Gasteiger partial charge in [-0.15, -0.1) is 0 Å². The second kappa shape index (κ2) is 6.51. The highest BCUT2D eigenvalue weighted by atomic mass is 16.7. The molecule has 0 spiro atoms. The standard InChI is InChI=1S/C11H25N3O2/c1-11(9-12,10(15-2)16-3)13-14-7-5-4-6-8-14/h10,13H,4-9,12H2,1-3H3. The SMILES string of the molecule is COC(OC)C(C)(CN)NN1CCCCC1. The average molecular weight is 231 g/mol. The molecule has 0 bridgehead atoms. The Hall–Kier alpha value is -0.200. The first kappa shape index (κ1) is 13.9. The average Bonchev–Trinajstić information content (AvgIpc) is 2.32. The van der Waals surface area contributed by atoms with Crippen LogP contribution in [0.25, 0.3) is 0 Å². The topological polar surface area (TPSA) is 59.8 Å². The maximum absolute atomic E-state index is 5.83. The Morgan fingerprint density at radius 2 is 1.81 bits per heavy atom. The number of piperidine rings is 1. The van der Waals surface area contributed by atoms with Gasteiger partial charge in [-0.2, -0.15) is 0 Å². The molecule has 1 rings (SSSR count). The highest BCUT2D eigenvalue weighted by molar-refractivity contribution is 4.87. The van der Waals surface area contributed by atoms with Crippen molar-refractivity contribution in [2.45, 2.75) is 38.0 Å². The summed E-state index contributed by atoms with van der Waals surface area (Å²) < 4.78 is 10.6. The van der Waals surface area contributed by atoms with Gasteiger partial charge in [-0.05, 0) is 19.8 Å². The Kier molecular flexibility index (Phi) is 5.64. The van der Waals surface area contributed by atoms with Crippen molar-refractivity contribution in [3.8, 4) is 0 Å². The quantitative estimate of drug-likeness (QED) is 0.644. The van der Waals surface area contributed by atoms with Crippen molar-refractivity contribution in [3.05, 3.63) is 0 Å². The van der Waals surface area contributed by atoms with Crippen LogP contribution in [-0.4, -0.2) is 50.7 Å². The van der Waals surface area contributed by atoms with Gasteiger partial charge in [0.25, 0.3) is 0 Å². The van der Waals surface area contributed by atoms with E-state index in [1.165, 1.54) is 19.3 Å². The highest BCUT2D eigenvalue weighted by Gasteiger charge is 2.35. The normalized spacial score (nSPS) is 22.3. The minimum atomic E-state index is -0.374. The Balaban J connectivity index is 2.56. The summed E-state index contributed by atoms with van der Waals surface area (Å²) in [5.41, 5.74) is 8.90. The molecule has 0 saturated carbocycles. The summed E-state index contributed by atoms with van der Waals surface area (Å²) >= 11 is 0.